The van der Waals surface area contributed by atoms with Crippen molar-refractivity contribution in [1.29, 1.82) is 0 Å². The molecular weight excluding hydrogens is 385 g/mol. The number of ether oxygens (including phenoxy) is 2. The van der Waals surface area contributed by atoms with Gasteiger partial charge in [-0.3, -0.25) is 4.79 Å². The molecule has 0 aliphatic rings. The van der Waals surface area contributed by atoms with Crippen LogP contribution >= 0.6 is 0 Å². The Bertz CT molecular complexity index is 1060. The van der Waals surface area contributed by atoms with Gasteiger partial charge in [-0.15, -0.1) is 0 Å². The molecule has 2 aromatic carbocycles. The second-order valence-electron chi connectivity index (χ2n) is 6.67. The Kier molecular flexibility index (Phi) is 7.06. The zero-order valence-corrected chi connectivity index (χ0v) is 17.4. The van der Waals surface area contributed by atoms with Crippen LogP contribution < -0.4 is 14.8 Å². The van der Waals surface area contributed by atoms with Crippen molar-refractivity contribution in [3.8, 4) is 11.5 Å². The summed E-state index contributed by atoms with van der Waals surface area (Å²) in [4.78, 5) is 16.7. The van der Waals surface area contributed by atoms with E-state index < -0.39 is 0 Å². The highest BCUT2D eigenvalue weighted by Crippen LogP contribution is 2.29. The number of nitrogens with one attached hydrogen (secondary N) is 1. The van der Waals surface area contributed by atoms with Crippen LogP contribution in [0.5, 0.6) is 11.5 Å². The van der Waals surface area contributed by atoms with E-state index in [1.54, 1.807) is 12.1 Å². The van der Waals surface area contributed by atoms with Gasteiger partial charge in [-0.25, -0.2) is 9.37 Å². The summed E-state index contributed by atoms with van der Waals surface area (Å²) in [7, 11) is 1.84. The molecule has 0 saturated carbocycles. The van der Waals surface area contributed by atoms with Gasteiger partial charge in [-0.05, 0) is 55.8 Å². The van der Waals surface area contributed by atoms with Gasteiger partial charge in [-0.2, -0.15) is 0 Å². The molecule has 158 valence electrons. The minimum Gasteiger partial charge on any atom is -0.490 e. The molecule has 0 radical (unpaired) electrons. The van der Waals surface area contributed by atoms with Crippen molar-refractivity contribution in [2.75, 3.05) is 19.8 Å². The van der Waals surface area contributed by atoms with Crippen LogP contribution in [-0.2, 0) is 18.3 Å². The minimum absolute atomic E-state index is 0.202. The second-order valence-corrected chi connectivity index (χ2v) is 6.67. The predicted octanol–water partition coefficient (Wildman–Crippen LogP) is 3.88. The maximum Gasteiger partial charge on any atom is 0.244 e. The summed E-state index contributed by atoms with van der Waals surface area (Å²) in [6.45, 7) is 5.34. The van der Waals surface area contributed by atoms with E-state index in [-0.39, 0.29) is 11.7 Å². The van der Waals surface area contributed by atoms with Gasteiger partial charge in [0, 0.05) is 26.1 Å². The van der Waals surface area contributed by atoms with Gasteiger partial charge in [0.05, 0.1) is 24.2 Å². The highest BCUT2D eigenvalue weighted by Gasteiger charge is 2.09. The van der Waals surface area contributed by atoms with Crippen molar-refractivity contribution in [3.63, 3.8) is 0 Å². The molecule has 0 unspecified atom stereocenters. The molecule has 6 nitrogen and oxygen atoms in total. The lowest BCUT2D eigenvalue weighted by atomic mass is 10.2. The largest absolute Gasteiger partial charge is 0.490 e. The number of fused-ring (bicyclic) bond motifs is 1. The molecule has 0 fully saturated rings. The number of carbonyl (C=O) groups excluding carboxylic acids is 1. The fraction of sp³-hybridized carbons (Fsp3) is 0.304. The Balaban J connectivity index is 1.57. The molecule has 0 atom stereocenters. The first kappa shape index (κ1) is 21.4. The number of amides is 1. The van der Waals surface area contributed by atoms with Crippen LogP contribution in [0.4, 0.5) is 4.39 Å². The maximum atomic E-state index is 13.4. The summed E-state index contributed by atoms with van der Waals surface area (Å²) < 4.78 is 26.4. The molecule has 0 saturated heterocycles. The van der Waals surface area contributed by atoms with Crippen molar-refractivity contribution in [2.24, 2.45) is 7.05 Å². The zero-order chi connectivity index (χ0) is 21.5. The highest BCUT2D eigenvalue weighted by molar-refractivity contribution is 5.91. The molecule has 1 N–H and O–H groups in total. The Hall–Kier alpha value is -3.35. The quantitative estimate of drug-likeness (QED) is 0.543. The van der Waals surface area contributed by atoms with Gasteiger partial charge < -0.3 is 19.4 Å². The summed E-state index contributed by atoms with van der Waals surface area (Å²) in [6, 6.07) is 10.1. The summed E-state index contributed by atoms with van der Waals surface area (Å²) in [6.07, 6.45) is 3.76. The summed E-state index contributed by atoms with van der Waals surface area (Å²) in [5.41, 5.74) is 2.31. The van der Waals surface area contributed by atoms with E-state index in [2.05, 4.69) is 10.3 Å². The van der Waals surface area contributed by atoms with Crippen LogP contribution in [0, 0.1) is 5.82 Å². The van der Waals surface area contributed by atoms with Crippen LogP contribution in [0.15, 0.2) is 42.5 Å². The Morgan fingerprint density at radius 1 is 1.13 bits per heavy atom. The fourth-order valence-electron chi connectivity index (χ4n) is 3.14. The molecule has 0 aliphatic carbocycles. The lowest BCUT2D eigenvalue weighted by Gasteiger charge is -2.11. The zero-order valence-electron chi connectivity index (χ0n) is 17.4. The molecular formula is C23H26FN3O3. The number of aromatic nitrogens is 2. The van der Waals surface area contributed by atoms with Gasteiger partial charge in [0.2, 0.25) is 5.91 Å². The van der Waals surface area contributed by atoms with E-state index in [0.29, 0.717) is 37.7 Å². The monoisotopic (exact) mass is 411 g/mol. The molecule has 0 spiro atoms. The van der Waals surface area contributed by atoms with Crippen molar-refractivity contribution in [3.05, 3.63) is 59.7 Å². The molecule has 3 aromatic rings. The van der Waals surface area contributed by atoms with Crippen LogP contribution in [-0.4, -0.2) is 35.2 Å². The first-order valence-electron chi connectivity index (χ1n) is 9.98. The Morgan fingerprint density at radius 2 is 1.90 bits per heavy atom. The van der Waals surface area contributed by atoms with Gasteiger partial charge in [-0.1, -0.05) is 6.07 Å². The number of hydrogen-bond donors (Lipinski definition) is 1. The van der Waals surface area contributed by atoms with Crippen LogP contribution in [0.1, 0.15) is 25.2 Å². The molecule has 7 heteroatoms. The van der Waals surface area contributed by atoms with E-state index in [4.69, 9.17) is 9.47 Å². The smallest absolute Gasteiger partial charge is 0.244 e. The molecule has 3 rings (SSSR count). The van der Waals surface area contributed by atoms with Crippen molar-refractivity contribution >= 4 is 23.0 Å². The Labute approximate surface area is 175 Å². The lowest BCUT2D eigenvalue weighted by molar-refractivity contribution is -0.116. The molecule has 30 heavy (non-hydrogen) atoms. The number of carbonyl (C=O) groups is 1. The van der Waals surface area contributed by atoms with E-state index in [9.17, 15) is 9.18 Å². The van der Waals surface area contributed by atoms with Crippen molar-refractivity contribution < 1.29 is 18.7 Å². The van der Waals surface area contributed by atoms with Gasteiger partial charge >= 0.3 is 0 Å². The summed E-state index contributed by atoms with van der Waals surface area (Å²) in [5, 5.41) is 2.85. The number of halogens is 1. The SMILES string of the molecule is CCOc1ccc(C=CC(=O)NCCc2nc3ccc(F)cc3n2C)cc1OCC. The van der Waals surface area contributed by atoms with E-state index in [1.807, 2.05) is 43.7 Å². The van der Waals surface area contributed by atoms with E-state index >= 15 is 0 Å². The predicted molar refractivity (Wildman–Crippen MR) is 115 cm³/mol. The van der Waals surface area contributed by atoms with Crippen LogP contribution in [0.2, 0.25) is 0 Å². The number of benzene rings is 2. The van der Waals surface area contributed by atoms with Crippen LogP contribution in [0.25, 0.3) is 17.1 Å². The van der Waals surface area contributed by atoms with Crippen molar-refractivity contribution in [2.45, 2.75) is 20.3 Å². The molecule has 1 amide bonds. The third kappa shape index (κ3) is 5.17. The molecule has 1 heterocycles. The van der Waals surface area contributed by atoms with Gasteiger partial charge in [0.1, 0.15) is 11.6 Å². The topological polar surface area (TPSA) is 65.4 Å². The second kappa shape index (κ2) is 9.91. The standard InChI is InChI=1S/C23H26FN3O3/c1-4-29-20-10-6-16(14-21(20)30-5-2)7-11-23(28)25-13-12-22-26-18-9-8-17(24)15-19(18)27(22)3/h6-11,14-15H,4-5,12-13H2,1-3H3,(H,25,28). The Morgan fingerprint density at radius 3 is 2.67 bits per heavy atom. The first-order chi connectivity index (χ1) is 14.5. The number of aryl methyl sites for hydroxylation is 1. The average molecular weight is 411 g/mol. The third-order valence-corrected chi connectivity index (χ3v) is 4.58. The van der Waals surface area contributed by atoms with Gasteiger partial charge in [0.15, 0.2) is 11.5 Å². The molecule has 0 aliphatic heterocycles. The highest BCUT2D eigenvalue weighted by atomic mass is 19.1. The normalized spacial score (nSPS) is 11.2. The average Bonchev–Trinajstić information content (AvgIpc) is 3.04. The number of hydrogen-bond acceptors (Lipinski definition) is 4. The number of rotatable bonds is 9. The first-order valence-corrected chi connectivity index (χ1v) is 9.98. The number of nitrogens with zero attached hydrogens (tertiary/aromatic N) is 2. The van der Waals surface area contributed by atoms with Crippen LogP contribution in [0.3, 0.4) is 0 Å². The van der Waals surface area contributed by atoms with E-state index in [0.717, 1.165) is 22.4 Å². The fourth-order valence-corrected chi connectivity index (χ4v) is 3.14. The summed E-state index contributed by atoms with van der Waals surface area (Å²) in [5.74, 6) is 1.63. The third-order valence-electron chi connectivity index (χ3n) is 4.58. The maximum absolute atomic E-state index is 13.4. The summed E-state index contributed by atoms with van der Waals surface area (Å²) >= 11 is 0. The lowest BCUT2D eigenvalue weighted by Crippen LogP contribution is -2.24. The molecule has 0 bridgehead atoms. The van der Waals surface area contributed by atoms with Crippen molar-refractivity contribution in [1.82, 2.24) is 14.9 Å². The van der Waals surface area contributed by atoms with E-state index in [1.165, 1.54) is 18.2 Å². The minimum atomic E-state index is -0.294. The molecule has 1 aromatic heterocycles. The van der Waals surface area contributed by atoms with Gasteiger partial charge in [0.25, 0.3) is 0 Å². The number of imidazole rings is 1.